The molecule has 9 heteroatoms. The minimum atomic E-state index is -3.29. The Hall–Kier alpha value is -2.42. The lowest BCUT2D eigenvalue weighted by atomic mass is 10.1. The maximum absolute atomic E-state index is 14.3. The molecule has 140 valence electrons. The second-order valence-corrected chi connectivity index (χ2v) is 8.33. The molecule has 7 nitrogen and oxygen atoms in total. The smallest absolute Gasteiger partial charge is 0.257 e. The van der Waals surface area contributed by atoms with Crippen molar-refractivity contribution in [3.63, 3.8) is 0 Å². The molecule has 1 fully saturated rings. The molecule has 0 unspecified atom stereocenters. The number of amides is 1. The third kappa shape index (κ3) is 3.57. The number of hydrogen-bond acceptors (Lipinski definition) is 5. The third-order valence-electron chi connectivity index (χ3n) is 4.46. The van der Waals surface area contributed by atoms with Gasteiger partial charge in [-0.3, -0.25) is 9.48 Å². The molecule has 0 radical (unpaired) electrons. The number of aromatic nitrogens is 2. The molecule has 1 atom stereocenters. The lowest BCUT2D eigenvalue weighted by Crippen LogP contribution is -2.46. The summed E-state index contributed by atoms with van der Waals surface area (Å²) in [5, 5.41) is 4.16. The van der Waals surface area contributed by atoms with E-state index in [2.05, 4.69) is 5.10 Å². The van der Waals surface area contributed by atoms with Gasteiger partial charge in [-0.1, -0.05) is 0 Å². The van der Waals surface area contributed by atoms with Gasteiger partial charge in [-0.15, -0.1) is 0 Å². The molecule has 1 aromatic carbocycles. The molecular formula is C17H20FN3O4S. The van der Waals surface area contributed by atoms with Crippen LogP contribution in [0.3, 0.4) is 0 Å². The van der Waals surface area contributed by atoms with E-state index in [9.17, 15) is 17.6 Å². The zero-order chi connectivity index (χ0) is 18.9. The molecule has 1 aromatic heterocycles. The van der Waals surface area contributed by atoms with Gasteiger partial charge in [0.25, 0.3) is 5.91 Å². The van der Waals surface area contributed by atoms with Crippen LogP contribution in [0.15, 0.2) is 30.6 Å². The Labute approximate surface area is 151 Å². The van der Waals surface area contributed by atoms with Crippen molar-refractivity contribution >= 4 is 15.7 Å². The molecule has 2 heterocycles. The van der Waals surface area contributed by atoms with Crippen molar-refractivity contribution in [2.45, 2.75) is 19.5 Å². The van der Waals surface area contributed by atoms with E-state index in [4.69, 9.17) is 4.74 Å². The highest BCUT2D eigenvalue weighted by Gasteiger charge is 2.37. The van der Waals surface area contributed by atoms with Gasteiger partial charge in [0.15, 0.2) is 9.84 Å². The molecule has 0 spiro atoms. The first-order valence-electron chi connectivity index (χ1n) is 8.22. The molecule has 0 aliphatic carbocycles. The predicted octanol–water partition coefficient (Wildman–Crippen LogP) is 1.66. The summed E-state index contributed by atoms with van der Waals surface area (Å²) in [5.74, 6) is -1.29. The number of sulfone groups is 1. The molecule has 0 bridgehead atoms. The van der Waals surface area contributed by atoms with Crippen molar-refractivity contribution in [2.75, 3.05) is 25.2 Å². The number of rotatable bonds is 4. The van der Waals surface area contributed by atoms with Crippen LogP contribution in [0.4, 0.5) is 4.39 Å². The van der Waals surface area contributed by atoms with E-state index < -0.39 is 27.6 Å². The fourth-order valence-electron chi connectivity index (χ4n) is 3.00. The predicted molar refractivity (Wildman–Crippen MR) is 93.3 cm³/mol. The van der Waals surface area contributed by atoms with Crippen molar-refractivity contribution in [1.29, 1.82) is 0 Å². The minimum Gasteiger partial charge on any atom is -0.497 e. The number of halogens is 1. The Morgan fingerprint density at radius 1 is 1.42 bits per heavy atom. The van der Waals surface area contributed by atoms with Crippen molar-refractivity contribution < 1.29 is 22.3 Å². The van der Waals surface area contributed by atoms with Crippen LogP contribution in [0.1, 0.15) is 28.9 Å². The van der Waals surface area contributed by atoms with Crippen LogP contribution in [-0.2, 0) is 16.4 Å². The van der Waals surface area contributed by atoms with Gasteiger partial charge in [-0.05, 0) is 19.1 Å². The Bertz CT molecular complexity index is 926. The van der Waals surface area contributed by atoms with E-state index in [0.29, 0.717) is 17.9 Å². The molecule has 1 saturated heterocycles. The van der Waals surface area contributed by atoms with Crippen LogP contribution in [-0.4, -0.2) is 54.2 Å². The number of ether oxygens (including phenoxy) is 1. The summed E-state index contributed by atoms with van der Waals surface area (Å²) in [4.78, 5) is 14.3. The first-order valence-corrected chi connectivity index (χ1v) is 10.0. The summed E-state index contributed by atoms with van der Waals surface area (Å²) in [6.45, 7) is 2.54. The second kappa shape index (κ2) is 7.06. The number of benzene rings is 1. The van der Waals surface area contributed by atoms with Gasteiger partial charge in [0.1, 0.15) is 11.6 Å². The zero-order valence-electron chi connectivity index (χ0n) is 14.6. The standard InChI is InChI=1S/C17H20FN3O4S/c1-3-20-10-12(9-19-20)16-11-26(23,24)7-6-21(16)17(22)14-5-4-13(25-2)8-15(14)18/h4-5,8-10,16H,3,6-7,11H2,1-2H3/t16-/m1/s1. The van der Waals surface area contributed by atoms with E-state index in [-0.39, 0.29) is 23.6 Å². The van der Waals surface area contributed by atoms with Crippen molar-refractivity contribution in [3.8, 4) is 5.75 Å². The molecule has 26 heavy (non-hydrogen) atoms. The fourth-order valence-corrected chi connectivity index (χ4v) is 4.50. The third-order valence-corrected chi connectivity index (χ3v) is 6.09. The van der Waals surface area contributed by atoms with Crippen LogP contribution >= 0.6 is 0 Å². The highest BCUT2D eigenvalue weighted by Crippen LogP contribution is 2.29. The summed E-state index contributed by atoms with van der Waals surface area (Å²) < 4.78 is 45.2. The summed E-state index contributed by atoms with van der Waals surface area (Å²) in [7, 11) is -1.88. The molecule has 0 saturated carbocycles. The molecule has 1 aliphatic heterocycles. The van der Waals surface area contributed by atoms with Gasteiger partial charge in [-0.2, -0.15) is 5.10 Å². The van der Waals surface area contributed by atoms with E-state index in [1.807, 2.05) is 6.92 Å². The van der Waals surface area contributed by atoms with Gasteiger partial charge >= 0.3 is 0 Å². The summed E-state index contributed by atoms with van der Waals surface area (Å²) in [6.07, 6.45) is 3.27. The number of methoxy groups -OCH3 is 1. The van der Waals surface area contributed by atoms with Crippen LogP contribution < -0.4 is 4.74 Å². The zero-order valence-corrected chi connectivity index (χ0v) is 15.4. The molecule has 1 aliphatic rings. The van der Waals surface area contributed by atoms with E-state index >= 15 is 0 Å². The molecule has 1 amide bonds. The Kier molecular flexibility index (Phi) is 4.99. The Balaban J connectivity index is 1.96. The summed E-state index contributed by atoms with van der Waals surface area (Å²) in [5.41, 5.74) is 0.510. The fraction of sp³-hybridized carbons (Fsp3) is 0.412. The Morgan fingerprint density at radius 3 is 2.81 bits per heavy atom. The van der Waals surface area contributed by atoms with Crippen LogP contribution in [0.5, 0.6) is 5.75 Å². The van der Waals surface area contributed by atoms with E-state index in [0.717, 1.165) is 6.07 Å². The first-order chi connectivity index (χ1) is 12.3. The lowest BCUT2D eigenvalue weighted by molar-refractivity contribution is 0.0692. The number of hydrogen-bond donors (Lipinski definition) is 0. The summed E-state index contributed by atoms with van der Waals surface area (Å²) in [6, 6.07) is 3.30. The maximum Gasteiger partial charge on any atom is 0.257 e. The molecule has 2 aromatic rings. The van der Waals surface area contributed by atoms with Gasteiger partial charge < -0.3 is 9.64 Å². The van der Waals surface area contributed by atoms with Gasteiger partial charge in [-0.25, -0.2) is 12.8 Å². The SMILES string of the molecule is CCn1cc([C@H]2CS(=O)(=O)CCN2C(=O)c2ccc(OC)cc2F)cn1. The second-order valence-electron chi connectivity index (χ2n) is 6.10. The number of carbonyl (C=O) groups excluding carboxylic acids is 1. The van der Waals surface area contributed by atoms with E-state index in [1.165, 1.54) is 24.1 Å². The van der Waals surface area contributed by atoms with Gasteiger partial charge in [0.05, 0.1) is 36.4 Å². The number of aryl methyl sites for hydroxylation is 1. The average molecular weight is 381 g/mol. The van der Waals surface area contributed by atoms with Crippen LogP contribution in [0.2, 0.25) is 0 Å². The number of carbonyl (C=O) groups is 1. The first kappa shape index (κ1) is 18.4. The minimum absolute atomic E-state index is 0.00854. The van der Waals surface area contributed by atoms with Crippen molar-refractivity contribution in [1.82, 2.24) is 14.7 Å². The quantitative estimate of drug-likeness (QED) is 0.805. The molecule has 3 rings (SSSR count). The highest BCUT2D eigenvalue weighted by atomic mass is 32.2. The average Bonchev–Trinajstić information content (AvgIpc) is 3.09. The van der Waals surface area contributed by atoms with Gasteiger partial charge in [0.2, 0.25) is 0 Å². The normalized spacial score (nSPS) is 19.3. The number of nitrogens with zero attached hydrogens (tertiary/aromatic N) is 3. The molecule has 0 N–H and O–H groups in total. The van der Waals surface area contributed by atoms with E-state index in [1.54, 1.807) is 17.1 Å². The largest absolute Gasteiger partial charge is 0.497 e. The monoisotopic (exact) mass is 381 g/mol. The maximum atomic E-state index is 14.3. The summed E-state index contributed by atoms with van der Waals surface area (Å²) >= 11 is 0. The Morgan fingerprint density at radius 2 is 2.19 bits per heavy atom. The van der Waals surface area contributed by atoms with Crippen LogP contribution in [0.25, 0.3) is 0 Å². The van der Waals surface area contributed by atoms with Gasteiger partial charge in [0, 0.05) is 30.9 Å². The highest BCUT2D eigenvalue weighted by molar-refractivity contribution is 7.91. The lowest BCUT2D eigenvalue weighted by Gasteiger charge is -2.35. The van der Waals surface area contributed by atoms with Crippen LogP contribution in [0, 0.1) is 5.82 Å². The van der Waals surface area contributed by atoms with Crippen molar-refractivity contribution in [3.05, 3.63) is 47.5 Å². The molecular weight excluding hydrogens is 361 g/mol. The van der Waals surface area contributed by atoms with Crippen molar-refractivity contribution in [2.24, 2.45) is 0 Å². The topological polar surface area (TPSA) is 81.5 Å².